The predicted octanol–water partition coefficient (Wildman–Crippen LogP) is 3.04. The van der Waals surface area contributed by atoms with Crippen LogP contribution in [0.15, 0.2) is 0 Å². The minimum Gasteiger partial charge on any atom is -0.300 e. The van der Waals surface area contributed by atoms with E-state index in [0.29, 0.717) is 6.42 Å². The highest BCUT2D eigenvalue weighted by atomic mass is 19.3. The second-order valence-corrected chi connectivity index (χ2v) is 3.72. The molecular formula is C9H12F4O. The van der Waals surface area contributed by atoms with Crippen molar-refractivity contribution in [2.75, 3.05) is 0 Å². The van der Waals surface area contributed by atoms with Gasteiger partial charge in [-0.05, 0) is 6.42 Å². The van der Waals surface area contributed by atoms with Crippen molar-refractivity contribution >= 4 is 5.78 Å². The Kier molecular flexibility index (Phi) is 2.88. The average molecular weight is 212 g/mol. The van der Waals surface area contributed by atoms with Crippen LogP contribution in [0.3, 0.4) is 0 Å². The van der Waals surface area contributed by atoms with Crippen molar-refractivity contribution < 1.29 is 22.4 Å². The van der Waals surface area contributed by atoms with E-state index in [1.165, 1.54) is 0 Å². The highest BCUT2D eigenvalue weighted by Gasteiger charge is 2.71. The fourth-order valence-corrected chi connectivity index (χ4v) is 1.60. The molecule has 0 aromatic heterocycles. The van der Waals surface area contributed by atoms with Gasteiger partial charge in [0.15, 0.2) is 0 Å². The molecule has 1 unspecified atom stereocenters. The number of alkyl halides is 4. The molecule has 0 aromatic carbocycles. The van der Waals surface area contributed by atoms with E-state index in [-0.39, 0.29) is 12.2 Å². The van der Waals surface area contributed by atoms with Crippen LogP contribution in [-0.2, 0) is 4.79 Å². The number of rotatable bonds is 4. The fourth-order valence-electron chi connectivity index (χ4n) is 1.60. The Morgan fingerprint density at radius 1 is 1.36 bits per heavy atom. The van der Waals surface area contributed by atoms with Crippen molar-refractivity contribution in [3.8, 4) is 0 Å². The van der Waals surface area contributed by atoms with E-state index in [9.17, 15) is 22.4 Å². The van der Waals surface area contributed by atoms with Crippen molar-refractivity contribution in [1.82, 2.24) is 0 Å². The number of Topliss-reactive ketones (excluding diaryl/α,β-unsaturated/α-hetero) is 1. The lowest BCUT2D eigenvalue weighted by molar-refractivity contribution is -0.313. The first-order chi connectivity index (χ1) is 6.31. The van der Waals surface area contributed by atoms with Crippen molar-refractivity contribution in [3.05, 3.63) is 0 Å². The van der Waals surface area contributed by atoms with Gasteiger partial charge in [0, 0.05) is 25.2 Å². The maximum atomic E-state index is 12.7. The number of carbonyl (C=O) groups excluding carboxylic acids is 1. The first-order valence-electron chi connectivity index (χ1n) is 4.58. The van der Waals surface area contributed by atoms with Crippen LogP contribution in [0.5, 0.6) is 0 Å². The van der Waals surface area contributed by atoms with Gasteiger partial charge in [0.25, 0.3) is 0 Å². The highest BCUT2D eigenvalue weighted by Crippen LogP contribution is 2.56. The molecule has 1 aliphatic rings. The molecule has 1 rings (SSSR count). The third-order valence-corrected chi connectivity index (χ3v) is 2.51. The summed E-state index contributed by atoms with van der Waals surface area (Å²) in [7, 11) is 0. The molecule has 1 nitrogen and oxygen atoms in total. The minimum atomic E-state index is -3.99. The standard InChI is InChI=1S/C9H12F4O/c1-2-3-7(14)4-6-5-8(10,11)9(6,12)13/h6H,2-5H2,1H3. The molecule has 0 heterocycles. The largest absolute Gasteiger partial charge is 0.313 e. The SMILES string of the molecule is CCCC(=O)CC1CC(F)(F)C1(F)F. The second-order valence-electron chi connectivity index (χ2n) is 3.72. The maximum absolute atomic E-state index is 12.7. The van der Waals surface area contributed by atoms with Crippen LogP contribution >= 0.6 is 0 Å². The van der Waals surface area contributed by atoms with E-state index in [2.05, 4.69) is 0 Å². The number of hydrogen-bond donors (Lipinski definition) is 0. The molecule has 0 bridgehead atoms. The van der Waals surface area contributed by atoms with E-state index >= 15 is 0 Å². The van der Waals surface area contributed by atoms with E-state index < -0.39 is 30.6 Å². The molecule has 0 spiro atoms. The van der Waals surface area contributed by atoms with Gasteiger partial charge in [0.05, 0.1) is 0 Å². The average Bonchev–Trinajstić information content (AvgIpc) is 2.03. The molecular weight excluding hydrogens is 200 g/mol. The summed E-state index contributed by atoms with van der Waals surface area (Å²) >= 11 is 0. The van der Waals surface area contributed by atoms with Gasteiger partial charge in [0.1, 0.15) is 5.78 Å². The maximum Gasteiger partial charge on any atom is 0.313 e. The highest BCUT2D eigenvalue weighted by molar-refractivity contribution is 5.78. The predicted molar refractivity (Wildman–Crippen MR) is 42.5 cm³/mol. The Labute approximate surface area is 79.5 Å². The zero-order valence-corrected chi connectivity index (χ0v) is 7.83. The Hall–Kier alpha value is -0.610. The van der Waals surface area contributed by atoms with Gasteiger partial charge in [-0.1, -0.05) is 6.92 Å². The van der Waals surface area contributed by atoms with Gasteiger partial charge in [-0.3, -0.25) is 4.79 Å². The Balaban J connectivity index is 2.47. The lowest BCUT2D eigenvalue weighted by Crippen LogP contribution is -2.59. The van der Waals surface area contributed by atoms with Crippen LogP contribution in [-0.4, -0.2) is 17.6 Å². The Bertz CT molecular complexity index is 237. The molecule has 14 heavy (non-hydrogen) atoms. The van der Waals surface area contributed by atoms with Crippen LogP contribution < -0.4 is 0 Å². The van der Waals surface area contributed by atoms with Crippen molar-refractivity contribution in [3.63, 3.8) is 0 Å². The molecule has 0 aromatic rings. The van der Waals surface area contributed by atoms with Crippen LogP contribution in [0, 0.1) is 5.92 Å². The van der Waals surface area contributed by atoms with Crippen LogP contribution in [0.25, 0.3) is 0 Å². The summed E-state index contributed by atoms with van der Waals surface area (Å²) in [6.45, 7) is 1.74. The summed E-state index contributed by atoms with van der Waals surface area (Å²) in [6.07, 6.45) is -0.530. The Morgan fingerprint density at radius 2 is 1.93 bits per heavy atom. The van der Waals surface area contributed by atoms with Gasteiger partial charge >= 0.3 is 11.8 Å². The quantitative estimate of drug-likeness (QED) is 0.654. The van der Waals surface area contributed by atoms with Crippen LogP contribution in [0.2, 0.25) is 0 Å². The topological polar surface area (TPSA) is 17.1 Å². The lowest BCUT2D eigenvalue weighted by atomic mass is 9.73. The molecule has 0 saturated heterocycles. The van der Waals surface area contributed by atoms with E-state index in [4.69, 9.17) is 0 Å². The van der Waals surface area contributed by atoms with Crippen molar-refractivity contribution in [1.29, 1.82) is 0 Å². The number of hydrogen-bond acceptors (Lipinski definition) is 1. The molecule has 0 aliphatic heterocycles. The van der Waals surface area contributed by atoms with Crippen LogP contribution in [0.1, 0.15) is 32.6 Å². The first-order valence-corrected chi connectivity index (χ1v) is 4.58. The molecule has 5 heteroatoms. The number of carbonyl (C=O) groups is 1. The third-order valence-electron chi connectivity index (χ3n) is 2.51. The molecule has 0 amide bonds. The molecule has 0 N–H and O–H groups in total. The summed E-state index contributed by atoms with van der Waals surface area (Å²) in [4.78, 5) is 11.0. The second kappa shape index (κ2) is 3.51. The molecule has 1 saturated carbocycles. The molecule has 82 valence electrons. The zero-order valence-electron chi connectivity index (χ0n) is 7.83. The number of halogens is 4. The number of ketones is 1. The zero-order chi connectivity index (χ0) is 11.0. The fraction of sp³-hybridized carbons (Fsp3) is 0.889. The van der Waals surface area contributed by atoms with Gasteiger partial charge in [-0.15, -0.1) is 0 Å². The molecule has 1 aliphatic carbocycles. The molecule has 0 radical (unpaired) electrons. The van der Waals surface area contributed by atoms with Gasteiger partial charge in [0.2, 0.25) is 0 Å². The van der Waals surface area contributed by atoms with Crippen LogP contribution in [0.4, 0.5) is 17.6 Å². The summed E-state index contributed by atoms with van der Waals surface area (Å²) in [5.41, 5.74) is 0. The minimum absolute atomic E-state index is 0.193. The normalized spacial score (nSPS) is 28.2. The smallest absolute Gasteiger partial charge is 0.300 e. The Morgan fingerprint density at radius 3 is 2.29 bits per heavy atom. The van der Waals surface area contributed by atoms with Gasteiger partial charge < -0.3 is 0 Å². The first kappa shape index (κ1) is 11.5. The summed E-state index contributed by atoms with van der Waals surface area (Å²) in [5.74, 6) is -9.72. The van der Waals surface area contributed by atoms with Crippen molar-refractivity contribution in [2.45, 2.75) is 44.5 Å². The monoisotopic (exact) mass is 212 g/mol. The van der Waals surface area contributed by atoms with E-state index in [1.54, 1.807) is 6.92 Å². The molecule has 1 atom stereocenters. The third kappa shape index (κ3) is 1.77. The van der Waals surface area contributed by atoms with E-state index in [0.717, 1.165) is 0 Å². The summed E-state index contributed by atoms with van der Waals surface area (Å²) < 4.78 is 50.0. The van der Waals surface area contributed by atoms with Gasteiger partial charge in [-0.2, -0.15) is 17.6 Å². The lowest BCUT2D eigenvalue weighted by Gasteiger charge is -2.43. The van der Waals surface area contributed by atoms with Crippen molar-refractivity contribution in [2.24, 2.45) is 5.92 Å². The van der Waals surface area contributed by atoms with Gasteiger partial charge in [-0.25, -0.2) is 0 Å². The molecule has 1 fully saturated rings. The summed E-state index contributed by atoms with van der Waals surface area (Å²) in [6, 6.07) is 0. The van der Waals surface area contributed by atoms with E-state index in [1.807, 2.05) is 0 Å². The summed E-state index contributed by atoms with van der Waals surface area (Å²) in [5, 5.41) is 0.